The van der Waals surface area contributed by atoms with Gasteiger partial charge in [-0.1, -0.05) is 0 Å². The molecule has 1 saturated heterocycles. The van der Waals surface area contributed by atoms with Crippen molar-refractivity contribution < 1.29 is 18.3 Å². The van der Waals surface area contributed by atoms with Gasteiger partial charge < -0.3 is 10.1 Å². The van der Waals surface area contributed by atoms with E-state index in [4.69, 9.17) is 15.7 Å². The zero-order valence-corrected chi connectivity index (χ0v) is 14.4. The Morgan fingerprint density at radius 1 is 1.48 bits per heavy atom. The van der Waals surface area contributed by atoms with Gasteiger partial charge in [0.15, 0.2) is 6.35 Å². The average Bonchev–Trinajstić information content (AvgIpc) is 2.66. The molecule has 1 amide bonds. The molecule has 140 valence electrons. The number of nitriles is 1. The summed E-state index contributed by atoms with van der Waals surface area (Å²) in [7, 11) is 0. The number of carbonyl (C=O) groups excluding carboxylic acids is 1. The molecule has 4 N–H and O–H groups in total. The van der Waals surface area contributed by atoms with Gasteiger partial charge in [0.2, 0.25) is 0 Å². The van der Waals surface area contributed by atoms with E-state index in [1.807, 2.05) is 6.07 Å². The highest BCUT2D eigenvalue weighted by atomic mass is 19.1. The molecule has 0 aliphatic carbocycles. The van der Waals surface area contributed by atoms with Gasteiger partial charge in [-0.25, -0.2) is 13.8 Å². The molecule has 2 aromatic rings. The number of pyridine rings is 1. The summed E-state index contributed by atoms with van der Waals surface area (Å²) in [6.45, 7) is 1.20. The third-order valence-corrected chi connectivity index (χ3v) is 4.40. The fourth-order valence-corrected chi connectivity index (χ4v) is 2.82. The lowest BCUT2D eigenvalue weighted by Gasteiger charge is -2.41. The number of nitrogens with zero attached hydrogens (tertiary/aromatic N) is 2. The Labute approximate surface area is 154 Å². The van der Waals surface area contributed by atoms with E-state index >= 15 is 0 Å². The van der Waals surface area contributed by atoms with Crippen molar-refractivity contribution in [3.05, 3.63) is 59.2 Å². The highest BCUT2D eigenvalue weighted by Gasteiger charge is 2.43. The second-order valence-corrected chi connectivity index (χ2v) is 6.26. The predicted molar refractivity (Wildman–Crippen MR) is 92.6 cm³/mol. The van der Waals surface area contributed by atoms with Crippen LogP contribution in [0, 0.1) is 17.1 Å². The first-order valence-electron chi connectivity index (χ1n) is 8.10. The molecule has 0 radical (unpaired) electrons. The number of anilines is 1. The van der Waals surface area contributed by atoms with Crippen molar-refractivity contribution in [3.8, 4) is 6.07 Å². The number of aromatic nitrogens is 1. The third kappa shape index (κ3) is 3.78. The molecule has 0 bridgehead atoms. The molecule has 1 aromatic heterocycles. The molecule has 1 unspecified atom stereocenters. The van der Waals surface area contributed by atoms with Gasteiger partial charge in [-0.3, -0.25) is 15.8 Å². The Bertz CT molecular complexity index is 900. The highest BCUT2D eigenvalue weighted by molar-refractivity contribution is 6.02. The lowest BCUT2D eigenvalue weighted by Crippen LogP contribution is -2.62. The molecule has 0 saturated carbocycles. The summed E-state index contributed by atoms with van der Waals surface area (Å²) < 4.78 is 33.9. The smallest absolute Gasteiger partial charge is 0.274 e. The molecule has 3 atom stereocenters. The minimum atomic E-state index is -1.54. The Kier molecular flexibility index (Phi) is 5.14. The molecule has 1 aliphatic heterocycles. The molecular weight excluding hydrogens is 356 g/mol. The molecular formula is C18H17F2N5O2. The number of nitrogens with one attached hydrogen (secondary N) is 2. The summed E-state index contributed by atoms with van der Waals surface area (Å²) in [6.07, 6.45) is -1.21. The van der Waals surface area contributed by atoms with Crippen LogP contribution in [0.25, 0.3) is 0 Å². The normalized spacial score (nSPS) is 24.9. The van der Waals surface area contributed by atoms with E-state index in [1.165, 1.54) is 37.4 Å². The standard InChI is InChI=1S/C18H17F2N5O2/c1-18(15(20)9-27-17(22)25-18)12-6-11(3-4-13(12)19)24-16(26)14-5-2-10(7-21)8-23-14/h2-6,8,15,17,25H,9,22H2,1H3,(H,24,26)/t15-,17?,18-/m1/s1. The largest absolute Gasteiger partial charge is 0.347 e. The van der Waals surface area contributed by atoms with E-state index in [0.29, 0.717) is 5.56 Å². The highest BCUT2D eigenvalue weighted by Crippen LogP contribution is 2.33. The average molecular weight is 373 g/mol. The fraction of sp³-hybridized carbons (Fsp3) is 0.278. The number of nitrogens with two attached hydrogens (primary N) is 1. The van der Waals surface area contributed by atoms with E-state index in [-0.39, 0.29) is 23.6 Å². The summed E-state index contributed by atoms with van der Waals surface area (Å²) in [5.74, 6) is -1.19. The Morgan fingerprint density at radius 3 is 2.93 bits per heavy atom. The Balaban J connectivity index is 1.86. The van der Waals surface area contributed by atoms with Crippen LogP contribution in [-0.4, -0.2) is 30.0 Å². The summed E-state index contributed by atoms with van der Waals surface area (Å²) in [6, 6.07) is 8.60. The lowest BCUT2D eigenvalue weighted by atomic mass is 9.85. The summed E-state index contributed by atoms with van der Waals surface area (Å²) >= 11 is 0. The van der Waals surface area contributed by atoms with Gasteiger partial charge in [0, 0.05) is 17.4 Å². The number of carbonyl (C=O) groups is 1. The molecule has 3 rings (SSSR count). The summed E-state index contributed by atoms with van der Waals surface area (Å²) in [4.78, 5) is 16.2. The maximum atomic E-state index is 14.5. The van der Waals surface area contributed by atoms with Crippen LogP contribution in [0.5, 0.6) is 0 Å². The minimum absolute atomic E-state index is 0.0133. The number of halogens is 2. The number of ether oxygens (including phenoxy) is 1. The first-order chi connectivity index (χ1) is 12.8. The molecule has 1 fully saturated rings. The van der Waals surface area contributed by atoms with Crippen molar-refractivity contribution in [3.63, 3.8) is 0 Å². The molecule has 2 heterocycles. The molecule has 9 heteroatoms. The van der Waals surface area contributed by atoms with E-state index in [9.17, 15) is 13.6 Å². The molecule has 0 spiro atoms. The van der Waals surface area contributed by atoms with Crippen molar-refractivity contribution in [1.29, 1.82) is 5.26 Å². The number of amides is 1. The molecule has 7 nitrogen and oxygen atoms in total. The number of alkyl halides is 1. The third-order valence-electron chi connectivity index (χ3n) is 4.40. The van der Waals surface area contributed by atoms with Gasteiger partial charge in [-0.15, -0.1) is 0 Å². The van der Waals surface area contributed by atoms with Crippen molar-refractivity contribution in [2.45, 2.75) is 25.0 Å². The van der Waals surface area contributed by atoms with Crippen molar-refractivity contribution in [2.75, 3.05) is 11.9 Å². The van der Waals surface area contributed by atoms with Gasteiger partial charge in [-0.2, -0.15) is 5.26 Å². The van der Waals surface area contributed by atoms with E-state index in [0.717, 1.165) is 6.07 Å². The van der Waals surface area contributed by atoms with Crippen LogP contribution < -0.4 is 16.4 Å². The summed E-state index contributed by atoms with van der Waals surface area (Å²) in [5, 5.41) is 14.1. The molecule has 1 aliphatic rings. The van der Waals surface area contributed by atoms with Gasteiger partial charge in [0.05, 0.1) is 17.7 Å². The lowest BCUT2D eigenvalue weighted by molar-refractivity contribution is -0.0910. The molecule has 27 heavy (non-hydrogen) atoms. The van der Waals surface area contributed by atoms with Gasteiger partial charge >= 0.3 is 0 Å². The van der Waals surface area contributed by atoms with Crippen LogP contribution in [0.15, 0.2) is 36.5 Å². The van der Waals surface area contributed by atoms with Crippen LogP contribution in [0.2, 0.25) is 0 Å². The monoisotopic (exact) mass is 373 g/mol. The van der Waals surface area contributed by atoms with Crippen LogP contribution in [0.4, 0.5) is 14.5 Å². The van der Waals surface area contributed by atoms with Gasteiger partial charge in [0.1, 0.15) is 23.8 Å². The number of hydrogen-bond acceptors (Lipinski definition) is 6. The first kappa shape index (κ1) is 18.8. The Hall–Kier alpha value is -2.93. The number of rotatable bonds is 3. The van der Waals surface area contributed by atoms with Crippen LogP contribution in [0.1, 0.15) is 28.5 Å². The number of benzene rings is 1. The second kappa shape index (κ2) is 7.36. The SMILES string of the molecule is C[C@]1(c2cc(NC(=O)c3ccc(C#N)cn3)ccc2F)NC(N)OC[C@H]1F. The van der Waals surface area contributed by atoms with E-state index in [1.54, 1.807) is 0 Å². The zero-order chi connectivity index (χ0) is 19.6. The van der Waals surface area contributed by atoms with Crippen molar-refractivity contribution in [1.82, 2.24) is 10.3 Å². The summed E-state index contributed by atoms with van der Waals surface area (Å²) in [5.41, 5.74) is 4.91. The van der Waals surface area contributed by atoms with Crippen LogP contribution >= 0.6 is 0 Å². The van der Waals surface area contributed by atoms with Crippen molar-refractivity contribution in [2.24, 2.45) is 5.73 Å². The zero-order valence-electron chi connectivity index (χ0n) is 14.4. The Morgan fingerprint density at radius 2 is 2.26 bits per heavy atom. The van der Waals surface area contributed by atoms with Gasteiger partial charge in [0.25, 0.3) is 5.91 Å². The maximum Gasteiger partial charge on any atom is 0.274 e. The van der Waals surface area contributed by atoms with E-state index in [2.05, 4.69) is 15.6 Å². The van der Waals surface area contributed by atoms with E-state index < -0.39 is 29.8 Å². The van der Waals surface area contributed by atoms with Crippen LogP contribution in [-0.2, 0) is 10.3 Å². The quantitative estimate of drug-likeness (QED) is 0.756. The first-order valence-corrected chi connectivity index (χ1v) is 8.10. The van der Waals surface area contributed by atoms with Crippen LogP contribution in [0.3, 0.4) is 0 Å². The fourth-order valence-electron chi connectivity index (χ4n) is 2.82. The predicted octanol–water partition coefficient (Wildman–Crippen LogP) is 1.76. The topological polar surface area (TPSA) is 113 Å². The number of hydrogen-bond donors (Lipinski definition) is 3. The van der Waals surface area contributed by atoms with Gasteiger partial charge in [-0.05, 0) is 37.3 Å². The minimum Gasteiger partial charge on any atom is -0.347 e. The maximum absolute atomic E-state index is 14.5. The molecule has 1 aromatic carbocycles. The second-order valence-electron chi connectivity index (χ2n) is 6.26. The van der Waals surface area contributed by atoms with Crippen molar-refractivity contribution >= 4 is 11.6 Å².